The number of hydrogen-bond donors (Lipinski definition) is 10. The number of carbonyl (C=O) groups is 9. The molecule has 0 fully saturated rings. The van der Waals surface area contributed by atoms with Crippen molar-refractivity contribution in [2.24, 2.45) is 56.4 Å². The summed E-state index contributed by atoms with van der Waals surface area (Å²) in [6, 6.07) is 9.25. The second kappa shape index (κ2) is 26.6. The number of nitrogens with one attached hydrogen (secondary N) is 10. The minimum Gasteiger partial charge on any atom is -0.351 e. The van der Waals surface area contributed by atoms with Crippen LogP contribution in [0.5, 0.6) is 0 Å². The third-order valence-electron chi connectivity index (χ3n) is 13.4. The van der Waals surface area contributed by atoms with Gasteiger partial charge in [-0.05, 0) is 69.9 Å². The summed E-state index contributed by atoms with van der Waals surface area (Å²) in [6.07, 6.45) is 13.7. The molecule has 0 atom stereocenters. The summed E-state index contributed by atoms with van der Waals surface area (Å²) >= 11 is 1.96. The molecule has 86 heavy (non-hydrogen) atoms. The van der Waals surface area contributed by atoms with Crippen molar-refractivity contribution in [1.82, 2.24) is 62.0 Å². The lowest BCUT2D eigenvalue weighted by Crippen LogP contribution is -2.28. The molecule has 0 saturated heterocycles. The van der Waals surface area contributed by atoms with Crippen LogP contribution in [0.2, 0.25) is 0 Å². The van der Waals surface area contributed by atoms with Crippen LogP contribution in [-0.4, -0.2) is 138 Å². The van der Waals surface area contributed by atoms with Crippen LogP contribution in [0, 0.1) is 0 Å². The molecule has 452 valence electrons. The standard InChI is InChI=1S/C55H66IN21O9/c1-69(2)16-12-15-58-49(80)37-18-32(24-70(37)3)60-51(82)40-21-34(26-73(40)6)62-52(83)41-20-33(25-74(41)7)61-50(81)39-17-31(23-72(39)5)59-45(78)13-11-14-57-48(79)38-19-35(27-71(38)4)63-54(85)46-65-44(30-76(46)9)67-55(86)47-64-43(29-77(47)10)66-53(84)42-22-36(68-56)28-75(42)8/h17-30,68H,11-16H2,1-10H3,(H,57,79)(H,58,80)(H,59,78)(H,60,82)(H,61,81)(H,62,83)(H,63,85)(H,66,84)(H,67,86). The van der Waals surface area contributed by atoms with Crippen LogP contribution in [0.3, 0.4) is 0 Å². The molecule has 9 amide bonds. The number of halogens is 1. The Morgan fingerprint density at radius 1 is 0.384 bits per heavy atom. The van der Waals surface area contributed by atoms with Gasteiger partial charge in [0.05, 0.1) is 57.0 Å². The Labute approximate surface area is 506 Å². The van der Waals surface area contributed by atoms with Gasteiger partial charge in [-0.15, -0.1) is 0 Å². The number of rotatable bonds is 24. The summed E-state index contributed by atoms with van der Waals surface area (Å²) in [6.45, 7) is 1.48. The van der Waals surface area contributed by atoms with Gasteiger partial charge in [-0.25, -0.2) is 9.97 Å². The Balaban J connectivity index is 0.758. The number of aromatic nitrogens is 10. The highest BCUT2D eigenvalue weighted by Crippen LogP contribution is 2.23. The number of aryl methyl sites for hydroxylation is 8. The largest absolute Gasteiger partial charge is 0.351 e. The summed E-state index contributed by atoms with van der Waals surface area (Å²) in [5, 5.41) is 24.9. The van der Waals surface area contributed by atoms with E-state index in [0.717, 1.165) is 18.7 Å². The molecule has 0 radical (unpaired) electrons. The first-order chi connectivity index (χ1) is 40.8. The number of amides is 9. The molecule has 0 unspecified atom stereocenters. The van der Waals surface area contributed by atoms with E-state index in [2.05, 4.69) is 61.3 Å². The molecule has 10 N–H and O–H groups in total. The highest BCUT2D eigenvalue weighted by Gasteiger charge is 2.24. The van der Waals surface area contributed by atoms with E-state index in [1.807, 2.05) is 41.9 Å². The monoisotopic (exact) mass is 1290 g/mol. The van der Waals surface area contributed by atoms with Crippen molar-refractivity contribution in [3.63, 3.8) is 0 Å². The highest BCUT2D eigenvalue weighted by atomic mass is 127. The Morgan fingerprint density at radius 2 is 0.686 bits per heavy atom. The third-order valence-corrected chi connectivity index (χ3v) is 14.0. The van der Waals surface area contributed by atoms with Gasteiger partial charge in [0.15, 0.2) is 11.6 Å². The minimum absolute atomic E-state index is 0.0297. The molecule has 0 saturated carbocycles. The van der Waals surface area contributed by atoms with E-state index in [0.29, 0.717) is 46.4 Å². The van der Waals surface area contributed by atoms with Crippen molar-refractivity contribution in [2.75, 3.05) is 74.5 Å². The Bertz CT molecular complexity index is 3930. The van der Waals surface area contributed by atoms with E-state index in [1.165, 1.54) is 59.5 Å². The topological polar surface area (TPSA) is 342 Å². The van der Waals surface area contributed by atoms with E-state index in [1.54, 1.807) is 119 Å². The summed E-state index contributed by atoms with van der Waals surface area (Å²) < 4.78 is 15.2. The molecular formula is C55H66IN21O9. The van der Waals surface area contributed by atoms with Crippen LogP contribution in [0.25, 0.3) is 0 Å². The van der Waals surface area contributed by atoms with Crippen LogP contribution < -0.4 is 51.4 Å². The molecule has 8 rings (SSSR count). The predicted molar refractivity (Wildman–Crippen MR) is 330 cm³/mol. The van der Waals surface area contributed by atoms with Crippen LogP contribution in [-0.2, 0) is 61.2 Å². The van der Waals surface area contributed by atoms with E-state index >= 15 is 0 Å². The first-order valence-electron chi connectivity index (χ1n) is 26.6. The zero-order valence-corrected chi connectivity index (χ0v) is 51.0. The molecule has 0 aliphatic heterocycles. The van der Waals surface area contributed by atoms with Gasteiger partial charge in [0.25, 0.3) is 47.3 Å². The number of carbonyl (C=O) groups excluding carboxylic acids is 9. The second-order valence-electron chi connectivity index (χ2n) is 20.6. The lowest BCUT2D eigenvalue weighted by Gasteiger charge is -2.10. The van der Waals surface area contributed by atoms with Gasteiger partial charge >= 0.3 is 0 Å². The average Bonchev–Trinajstić information content (AvgIpc) is 4.56. The van der Waals surface area contributed by atoms with Gasteiger partial charge in [-0.3, -0.25) is 43.2 Å². The minimum atomic E-state index is -0.643. The van der Waals surface area contributed by atoms with E-state index in [-0.39, 0.29) is 77.3 Å². The molecule has 8 aromatic heterocycles. The predicted octanol–water partition coefficient (Wildman–Crippen LogP) is 4.29. The number of hydrogen-bond acceptors (Lipinski definition) is 13. The normalized spacial score (nSPS) is 11.1. The molecule has 8 heterocycles. The maximum absolute atomic E-state index is 13.5. The van der Waals surface area contributed by atoms with Crippen molar-refractivity contribution in [3.05, 3.63) is 132 Å². The van der Waals surface area contributed by atoms with E-state index < -0.39 is 41.4 Å². The third kappa shape index (κ3) is 14.9. The maximum Gasteiger partial charge on any atom is 0.292 e. The number of anilines is 8. The van der Waals surface area contributed by atoms with Crippen molar-refractivity contribution >= 4 is 122 Å². The fourth-order valence-corrected chi connectivity index (χ4v) is 9.48. The van der Waals surface area contributed by atoms with Crippen LogP contribution >= 0.6 is 22.9 Å². The summed E-state index contributed by atoms with van der Waals surface area (Å²) in [5.41, 5.74) is 4.12. The maximum atomic E-state index is 13.5. The van der Waals surface area contributed by atoms with Gasteiger partial charge in [0.1, 0.15) is 34.2 Å². The number of imidazole rings is 2. The van der Waals surface area contributed by atoms with Gasteiger partial charge in [0, 0.05) is 125 Å². The summed E-state index contributed by atoms with van der Waals surface area (Å²) in [4.78, 5) is 129. The zero-order chi connectivity index (χ0) is 62.3. The Morgan fingerprint density at radius 3 is 1.06 bits per heavy atom. The summed E-state index contributed by atoms with van der Waals surface area (Å²) in [7, 11) is 17.1. The molecule has 0 aliphatic rings. The SMILES string of the molecule is CN(C)CCCNC(=O)c1cc(NC(=O)c2cc(NC(=O)c3cc(NC(=O)c4cc(NC(=O)CCCNC(=O)c5cc(NC(=O)c6nc(NC(=O)c7nc(NC(=O)c8cc(NI)cn8C)cn7C)cn6C)cn5C)cn4C)cn3C)cn2C)cn1C. The summed E-state index contributed by atoms with van der Waals surface area (Å²) in [5.74, 6) is -4.12. The van der Waals surface area contributed by atoms with E-state index in [4.69, 9.17) is 0 Å². The molecule has 0 aromatic carbocycles. The number of nitrogens with zero attached hydrogens (tertiary/aromatic N) is 11. The van der Waals surface area contributed by atoms with E-state index in [9.17, 15) is 43.2 Å². The van der Waals surface area contributed by atoms with Gasteiger partial charge in [-0.1, -0.05) is 0 Å². The van der Waals surface area contributed by atoms with Gasteiger partial charge in [0.2, 0.25) is 17.6 Å². The molecule has 0 spiro atoms. The average molecular weight is 1290 g/mol. The lowest BCUT2D eigenvalue weighted by molar-refractivity contribution is -0.116. The second-order valence-corrected chi connectivity index (χ2v) is 21.1. The lowest BCUT2D eigenvalue weighted by atomic mass is 10.2. The van der Waals surface area contributed by atoms with Crippen molar-refractivity contribution < 1.29 is 43.2 Å². The molecule has 8 aromatic rings. The van der Waals surface area contributed by atoms with Crippen LogP contribution in [0.1, 0.15) is 103 Å². The fourth-order valence-electron chi connectivity index (χ4n) is 9.19. The van der Waals surface area contributed by atoms with Crippen molar-refractivity contribution in [3.8, 4) is 0 Å². The van der Waals surface area contributed by atoms with Gasteiger partial charge < -0.3 is 92.8 Å². The molecule has 30 nitrogen and oxygen atoms in total. The van der Waals surface area contributed by atoms with Crippen molar-refractivity contribution in [1.29, 1.82) is 0 Å². The van der Waals surface area contributed by atoms with Crippen LogP contribution in [0.15, 0.2) is 86.0 Å². The fraction of sp³-hybridized carbons (Fsp3) is 0.291. The first kappa shape index (κ1) is 61.9. The molecule has 31 heteroatoms. The molecule has 0 aliphatic carbocycles. The molecular weight excluding hydrogens is 1230 g/mol. The highest BCUT2D eigenvalue weighted by molar-refractivity contribution is 14.1. The zero-order valence-electron chi connectivity index (χ0n) is 48.8. The Hall–Kier alpha value is -10.2. The Kier molecular flexibility index (Phi) is 19.1. The van der Waals surface area contributed by atoms with Gasteiger partial charge in [-0.2, -0.15) is 0 Å². The molecule has 0 bridgehead atoms. The van der Waals surface area contributed by atoms with Crippen LogP contribution in [0.4, 0.5) is 45.8 Å². The smallest absolute Gasteiger partial charge is 0.292 e. The quantitative estimate of drug-likeness (QED) is 0.0230. The van der Waals surface area contributed by atoms with Crippen molar-refractivity contribution in [2.45, 2.75) is 19.3 Å². The first-order valence-corrected chi connectivity index (χ1v) is 27.7.